The number of hydrogen-bond donors (Lipinski definition) is 2. The van der Waals surface area contributed by atoms with Crippen molar-refractivity contribution in [3.05, 3.63) is 0 Å². The smallest absolute Gasteiger partial charge is 0.408 e. The molecule has 0 aliphatic carbocycles. The normalized spacial score (nSPS) is 29.3. The van der Waals surface area contributed by atoms with Crippen molar-refractivity contribution in [2.75, 3.05) is 19.8 Å². The van der Waals surface area contributed by atoms with E-state index in [9.17, 15) is 62.6 Å². The van der Waals surface area contributed by atoms with Gasteiger partial charge in [-0.1, -0.05) is 0 Å². The molecule has 0 bridgehead atoms. The molecule has 30 heteroatoms. The summed E-state index contributed by atoms with van der Waals surface area (Å²) < 4.78 is 91.9. The van der Waals surface area contributed by atoms with Crippen LogP contribution in [0.25, 0.3) is 0 Å². The van der Waals surface area contributed by atoms with Crippen molar-refractivity contribution in [3.63, 3.8) is 0 Å². The lowest BCUT2D eigenvalue weighted by molar-refractivity contribution is -0.374. The Hall–Kier alpha value is -6.76. The average molecular weight is 1110 g/mol. The highest BCUT2D eigenvalue weighted by Gasteiger charge is 2.60. The number of alkyl carbamates (subject to hydrolysis) is 1. The van der Waals surface area contributed by atoms with E-state index in [1.807, 2.05) is 0 Å². The monoisotopic (exact) mass is 1110 g/mol. The summed E-state index contributed by atoms with van der Waals surface area (Å²) in [7, 11) is 0. The van der Waals surface area contributed by atoms with Crippen LogP contribution in [0.5, 0.6) is 0 Å². The maximum Gasteiger partial charge on any atom is 0.408 e. The van der Waals surface area contributed by atoms with Gasteiger partial charge in [-0.25, -0.2) is 9.59 Å². The molecule has 0 aromatic rings. The van der Waals surface area contributed by atoms with E-state index in [4.69, 9.17) is 75.8 Å². The van der Waals surface area contributed by atoms with Gasteiger partial charge in [-0.15, -0.1) is 0 Å². The number of esters is 10. The zero-order valence-electron chi connectivity index (χ0n) is 44.7. The van der Waals surface area contributed by atoms with Crippen molar-refractivity contribution >= 4 is 71.8 Å². The van der Waals surface area contributed by atoms with Gasteiger partial charge in [0.15, 0.2) is 55.3 Å². The molecule has 434 valence electrons. The number of amides is 1. The summed E-state index contributed by atoms with van der Waals surface area (Å²) in [4.78, 5) is 152. The second-order valence-electron chi connectivity index (χ2n) is 18.5. The number of rotatable bonds is 22. The lowest BCUT2D eigenvalue weighted by atomic mass is 9.90. The Kier molecular flexibility index (Phi) is 24.4. The average Bonchev–Trinajstić information content (AvgIpc) is 3.26. The molecule has 3 aliphatic heterocycles. The van der Waals surface area contributed by atoms with E-state index in [1.165, 1.54) is 0 Å². The Bertz CT molecular complexity index is 2160. The topological polar surface area (TPSA) is 385 Å². The van der Waals surface area contributed by atoms with Crippen molar-refractivity contribution in [3.8, 4) is 0 Å². The molecule has 0 aromatic carbocycles. The van der Waals surface area contributed by atoms with Crippen LogP contribution in [0.1, 0.15) is 103 Å². The number of hydrogen-bond acceptors (Lipinski definition) is 28. The summed E-state index contributed by atoms with van der Waals surface area (Å²) in [5.74, 6) is -11.4. The molecule has 0 saturated carbocycles. The highest BCUT2D eigenvalue weighted by molar-refractivity contribution is 5.80. The molecular weight excluding hydrogens is 1040 g/mol. The molecule has 0 spiro atoms. The zero-order valence-corrected chi connectivity index (χ0v) is 44.7. The number of nitrogens with one attached hydrogen (secondary N) is 1. The van der Waals surface area contributed by atoms with Crippen LogP contribution >= 0.6 is 0 Å². The van der Waals surface area contributed by atoms with Crippen molar-refractivity contribution in [2.45, 2.75) is 206 Å². The Balaban J connectivity index is 2.29. The van der Waals surface area contributed by atoms with Gasteiger partial charge in [0.2, 0.25) is 0 Å². The van der Waals surface area contributed by atoms with Crippen LogP contribution in [0.3, 0.4) is 0 Å². The van der Waals surface area contributed by atoms with Gasteiger partial charge in [-0.2, -0.15) is 0 Å². The van der Waals surface area contributed by atoms with Gasteiger partial charge in [0, 0.05) is 69.2 Å². The summed E-state index contributed by atoms with van der Waals surface area (Å²) in [5, 5.41) is 12.3. The first-order valence-corrected chi connectivity index (χ1v) is 23.9. The minimum Gasteiger partial charge on any atom is -0.480 e. The van der Waals surface area contributed by atoms with Gasteiger partial charge in [-0.05, 0) is 33.6 Å². The lowest BCUT2D eigenvalue weighted by Crippen LogP contribution is -2.68. The third-order valence-corrected chi connectivity index (χ3v) is 10.7. The maximum absolute atomic E-state index is 13.1. The first kappa shape index (κ1) is 64.5. The first-order chi connectivity index (χ1) is 35.8. The molecular formula is C47H67NO29. The van der Waals surface area contributed by atoms with E-state index < -0.39 is 202 Å². The minimum atomic E-state index is -2.10. The molecule has 3 saturated heterocycles. The minimum absolute atomic E-state index is 0.390. The summed E-state index contributed by atoms with van der Waals surface area (Å²) in [6, 6.07) is -1.65. The number of aliphatic carboxylic acids is 1. The Morgan fingerprint density at radius 3 is 1.05 bits per heavy atom. The molecule has 0 aromatic heterocycles. The van der Waals surface area contributed by atoms with Gasteiger partial charge in [0.1, 0.15) is 62.0 Å². The van der Waals surface area contributed by atoms with E-state index in [0.717, 1.165) is 69.2 Å². The van der Waals surface area contributed by atoms with Gasteiger partial charge in [0.05, 0.1) is 6.10 Å². The van der Waals surface area contributed by atoms with Crippen LogP contribution < -0.4 is 5.32 Å². The fourth-order valence-corrected chi connectivity index (χ4v) is 8.16. The van der Waals surface area contributed by atoms with Crippen LogP contribution in [0, 0.1) is 0 Å². The Labute approximate surface area is 441 Å². The summed E-state index contributed by atoms with van der Waals surface area (Å²) in [6.07, 6.45) is -29.2. The van der Waals surface area contributed by atoms with E-state index in [2.05, 4.69) is 5.32 Å². The summed E-state index contributed by atoms with van der Waals surface area (Å²) in [5.41, 5.74) is -1.03. The van der Waals surface area contributed by atoms with Gasteiger partial charge in [-0.3, -0.25) is 47.9 Å². The van der Waals surface area contributed by atoms with Gasteiger partial charge >= 0.3 is 71.8 Å². The van der Waals surface area contributed by atoms with Gasteiger partial charge < -0.3 is 86.2 Å². The first-order valence-electron chi connectivity index (χ1n) is 23.9. The van der Waals surface area contributed by atoms with E-state index >= 15 is 0 Å². The molecule has 30 nitrogen and oxygen atoms in total. The quantitative estimate of drug-likeness (QED) is 0.106. The number of ether oxygens (including phenoxy) is 16. The number of carbonyl (C=O) groups is 12. The van der Waals surface area contributed by atoms with Crippen LogP contribution in [0.2, 0.25) is 0 Å². The molecule has 3 heterocycles. The largest absolute Gasteiger partial charge is 0.480 e. The van der Waals surface area contributed by atoms with Crippen molar-refractivity contribution in [2.24, 2.45) is 0 Å². The van der Waals surface area contributed by atoms with Crippen LogP contribution in [0.15, 0.2) is 0 Å². The molecule has 3 fully saturated rings. The molecule has 3 aliphatic rings. The fourth-order valence-electron chi connectivity index (χ4n) is 8.16. The van der Waals surface area contributed by atoms with E-state index in [0.29, 0.717) is 0 Å². The predicted octanol–water partition coefficient (Wildman–Crippen LogP) is -0.0567. The second-order valence-corrected chi connectivity index (χ2v) is 18.5. The molecule has 0 unspecified atom stereocenters. The molecule has 1 amide bonds. The highest BCUT2D eigenvalue weighted by Crippen LogP contribution is 2.39. The number of carboxylic acids is 1. The van der Waals surface area contributed by atoms with Crippen LogP contribution in [-0.2, 0) is 129 Å². The molecule has 16 atom stereocenters. The maximum atomic E-state index is 13.1. The molecule has 2 N–H and O–H groups in total. The van der Waals surface area contributed by atoms with Crippen molar-refractivity contribution in [1.29, 1.82) is 0 Å². The van der Waals surface area contributed by atoms with Crippen molar-refractivity contribution < 1.29 is 138 Å². The second kappa shape index (κ2) is 29.1. The third-order valence-electron chi connectivity index (χ3n) is 10.7. The molecule has 3 rings (SSSR count). The number of carboxylic acid groups (broad SMARTS) is 1. The summed E-state index contributed by atoms with van der Waals surface area (Å²) in [6.45, 7) is 12.0. The van der Waals surface area contributed by atoms with Crippen molar-refractivity contribution in [1.82, 2.24) is 5.32 Å². The molecule has 0 radical (unpaired) electrons. The Morgan fingerprint density at radius 2 is 0.714 bits per heavy atom. The molecule has 77 heavy (non-hydrogen) atoms. The summed E-state index contributed by atoms with van der Waals surface area (Å²) >= 11 is 0. The zero-order chi connectivity index (χ0) is 58.2. The SMILES string of the molecule is CC(=O)OC[C@H]1O[C@H](O[C@@H]2[C@H](OC(C)=O)[C@@H](OC(C)=O)[C@H](O[C@H]3[C@H](OC(C)=O)[C@@H](OC(C)=O)[C@H](CC[C@H](NC(=O)OC(C)(C)C)C(=O)O)O[C@@H]3COC(C)=O)O[C@@H]2COC(C)=O)[C@H](OC(C)=O)[C@@H](OC(C)=O)[C@H]1OC(C)=O. The standard InChI is InChI=1S/C47H67NO29/c1-19(49)62-16-31-36(38(67-24(6)54)34(65-22(4)52)30(72-31)15-14-29(43(59)60)48-46(61)77-47(11,12)13)75-45-42(71-28(10)58)40(69-26(8)56)37(33(74-45)18-64-21(3)51)76-44-41(70-27(9)57)39(68-25(7)55)35(66-23(5)53)32(73-44)17-63-20(2)50/h29-42,44-45H,14-18H2,1-13H3,(H,48,61)(H,59,60)/t29-,30-,31+,32+,33+,34-,35-,36+,37-,38+,39-,40-,41+,42+,44+,45-/m0/s1. The lowest BCUT2D eigenvalue weighted by Gasteiger charge is -2.50. The van der Waals surface area contributed by atoms with Gasteiger partial charge in [0.25, 0.3) is 0 Å². The van der Waals surface area contributed by atoms with E-state index in [1.54, 1.807) is 20.8 Å². The van der Waals surface area contributed by atoms with Crippen LogP contribution in [0.4, 0.5) is 4.79 Å². The predicted molar refractivity (Wildman–Crippen MR) is 245 cm³/mol. The van der Waals surface area contributed by atoms with Crippen LogP contribution in [-0.4, -0.2) is 200 Å². The van der Waals surface area contributed by atoms with E-state index in [-0.39, 0.29) is 6.42 Å². The third kappa shape index (κ3) is 21.0. The highest BCUT2D eigenvalue weighted by atomic mass is 16.8. The Morgan fingerprint density at radius 1 is 0.416 bits per heavy atom. The number of carbonyl (C=O) groups excluding carboxylic acids is 11. The fraction of sp³-hybridized carbons (Fsp3) is 0.745.